The molecule has 1 aromatic carbocycles. The van der Waals surface area contributed by atoms with Gasteiger partial charge in [-0.1, -0.05) is 30.3 Å². The van der Waals surface area contributed by atoms with Crippen LogP contribution in [0, 0.1) is 0 Å². The van der Waals surface area contributed by atoms with Gasteiger partial charge in [0.15, 0.2) is 5.82 Å². The Balaban J connectivity index is 1.74. The van der Waals surface area contributed by atoms with E-state index in [0.29, 0.717) is 11.5 Å². The molecule has 2 aromatic heterocycles. The number of aromatic nitrogens is 5. The van der Waals surface area contributed by atoms with Crippen molar-refractivity contribution in [3.63, 3.8) is 0 Å². The molecule has 0 aliphatic rings. The van der Waals surface area contributed by atoms with E-state index in [1.165, 1.54) is 0 Å². The number of nitrogens with zero attached hydrogens (tertiary/aromatic N) is 4. The first-order valence-electron chi connectivity index (χ1n) is 6.90. The third kappa shape index (κ3) is 2.73. The predicted octanol–water partition coefficient (Wildman–Crippen LogP) is 1.70. The molecule has 0 spiro atoms. The Morgan fingerprint density at radius 1 is 1.32 bits per heavy atom. The minimum atomic E-state index is -0.247. The lowest BCUT2D eigenvalue weighted by molar-refractivity contribution is 0.0932. The van der Waals surface area contributed by atoms with E-state index in [0.717, 1.165) is 11.3 Å². The standard InChI is InChI=1S/C15H16N6O/c1-10(14-20-16-9-21(14)2)17-15(22)13-8-12(18-19-13)11-6-4-3-5-7-11/h3-10H,1-2H3,(H,17,22)(H,18,19). The van der Waals surface area contributed by atoms with Crippen LogP contribution in [0.2, 0.25) is 0 Å². The summed E-state index contributed by atoms with van der Waals surface area (Å²) in [4.78, 5) is 12.3. The Morgan fingerprint density at radius 2 is 2.09 bits per heavy atom. The van der Waals surface area contributed by atoms with E-state index < -0.39 is 0 Å². The monoisotopic (exact) mass is 296 g/mol. The number of benzene rings is 1. The van der Waals surface area contributed by atoms with Gasteiger partial charge in [-0.05, 0) is 13.0 Å². The number of hydrogen-bond donors (Lipinski definition) is 2. The van der Waals surface area contributed by atoms with Gasteiger partial charge in [0.05, 0.1) is 11.7 Å². The molecule has 0 saturated heterocycles. The molecule has 0 aliphatic heterocycles. The smallest absolute Gasteiger partial charge is 0.269 e. The lowest BCUT2D eigenvalue weighted by atomic mass is 10.1. The molecule has 0 bridgehead atoms. The third-order valence-electron chi connectivity index (χ3n) is 3.37. The summed E-state index contributed by atoms with van der Waals surface area (Å²) in [5, 5.41) is 17.6. The highest BCUT2D eigenvalue weighted by Crippen LogP contribution is 2.17. The second-order valence-corrected chi connectivity index (χ2v) is 5.03. The average Bonchev–Trinajstić information content (AvgIpc) is 3.17. The Bertz CT molecular complexity index is 776. The van der Waals surface area contributed by atoms with Crippen LogP contribution in [0.25, 0.3) is 11.3 Å². The van der Waals surface area contributed by atoms with Gasteiger partial charge in [-0.15, -0.1) is 10.2 Å². The summed E-state index contributed by atoms with van der Waals surface area (Å²) in [6.45, 7) is 1.86. The van der Waals surface area contributed by atoms with Crippen LogP contribution in [-0.2, 0) is 7.05 Å². The zero-order valence-corrected chi connectivity index (χ0v) is 12.3. The molecule has 22 heavy (non-hydrogen) atoms. The Labute approximate surface area is 127 Å². The van der Waals surface area contributed by atoms with Gasteiger partial charge in [0.2, 0.25) is 0 Å². The Morgan fingerprint density at radius 3 is 2.77 bits per heavy atom. The molecular weight excluding hydrogens is 280 g/mol. The maximum Gasteiger partial charge on any atom is 0.269 e. The van der Waals surface area contributed by atoms with Gasteiger partial charge in [0.25, 0.3) is 5.91 Å². The maximum absolute atomic E-state index is 12.3. The van der Waals surface area contributed by atoms with Crippen molar-refractivity contribution in [1.82, 2.24) is 30.3 Å². The van der Waals surface area contributed by atoms with Crippen molar-refractivity contribution in [3.05, 3.63) is 54.2 Å². The van der Waals surface area contributed by atoms with Gasteiger partial charge < -0.3 is 9.88 Å². The first-order chi connectivity index (χ1) is 10.6. The summed E-state index contributed by atoms with van der Waals surface area (Å²) in [5.74, 6) is 0.460. The number of aryl methyl sites for hydroxylation is 1. The summed E-state index contributed by atoms with van der Waals surface area (Å²) < 4.78 is 1.77. The molecule has 2 N–H and O–H groups in total. The molecule has 0 aliphatic carbocycles. The van der Waals surface area contributed by atoms with E-state index >= 15 is 0 Å². The van der Waals surface area contributed by atoms with Gasteiger partial charge >= 0.3 is 0 Å². The van der Waals surface area contributed by atoms with Gasteiger partial charge in [-0.25, -0.2) is 0 Å². The molecule has 112 valence electrons. The number of rotatable bonds is 4. The molecule has 0 saturated carbocycles. The van der Waals surface area contributed by atoms with E-state index in [2.05, 4.69) is 25.7 Å². The normalized spacial score (nSPS) is 12.1. The molecule has 1 amide bonds. The molecule has 7 nitrogen and oxygen atoms in total. The molecule has 1 unspecified atom stereocenters. The quantitative estimate of drug-likeness (QED) is 0.767. The highest BCUT2D eigenvalue weighted by atomic mass is 16.2. The number of carbonyl (C=O) groups is 1. The van der Waals surface area contributed by atoms with Crippen molar-refractivity contribution in [3.8, 4) is 11.3 Å². The van der Waals surface area contributed by atoms with Crippen LogP contribution in [0.4, 0.5) is 0 Å². The van der Waals surface area contributed by atoms with E-state index in [1.807, 2.05) is 44.3 Å². The van der Waals surface area contributed by atoms with Gasteiger partial charge in [-0.3, -0.25) is 9.89 Å². The number of hydrogen-bond acceptors (Lipinski definition) is 4. The van der Waals surface area contributed by atoms with Crippen molar-refractivity contribution < 1.29 is 4.79 Å². The molecule has 0 radical (unpaired) electrons. The number of H-pyrrole nitrogens is 1. The molecule has 0 fully saturated rings. The van der Waals surface area contributed by atoms with E-state index in [1.54, 1.807) is 17.0 Å². The highest BCUT2D eigenvalue weighted by Gasteiger charge is 2.17. The molecule has 3 aromatic rings. The van der Waals surface area contributed by atoms with E-state index in [9.17, 15) is 4.79 Å². The molecule has 7 heteroatoms. The van der Waals surface area contributed by atoms with Gasteiger partial charge in [0.1, 0.15) is 12.0 Å². The fourth-order valence-electron chi connectivity index (χ4n) is 2.22. The zero-order valence-electron chi connectivity index (χ0n) is 12.3. The van der Waals surface area contributed by atoms with Gasteiger partial charge in [-0.2, -0.15) is 5.10 Å². The second-order valence-electron chi connectivity index (χ2n) is 5.03. The number of nitrogens with one attached hydrogen (secondary N) is 2. The summed E-state index contributed by atoms with van der Waals surface area (Å²) in [6, 6.07) is 11.2. The number of carbonyl (C=O) groups excluding carboxylic acids is 1. The minimum Gasteiger partial charge on any atom is -0.341 e. The summed E-state index contributed by atoms with van der Waals surface area (Å²) in [6.07, 6.45) is 1.60. The average molecular weight is 296 g/mol. The summed E-state index contributed by atoms with van der Waals surface area (Å²) in [5.41, 5.74) is 2.10. The zero-order chi connectivity index (χ0) is 15.5. The lowest BCUT2D eigenvalue weighted by Crippen LogP contribution is -2.28. The Hall–Kier alpha value is -2.96. The first kappa shape index (κ1) is 14.0. The van der Waals surface area contributed by atoms with Crippen molar-refractivity contribution in [2.75, 3.05) is 0 Å². The van der Waals surface area contributed by atoms with Crippen molar-refractivity contribution >= 4 is 5.91 Å². The fraction of sp³-hybridized carbons (Fsp3) is 0.200. The van der Waals surface area contributed by atoms with Crippen LogP contribution in [0.3, 0.4) is 0 Å². The summed E-state index contributed by atoms with van der Waals surface area (Å²) in [7, 11) is 1.84. The number of amides is 1. The van der Waals surface area contributed by atoms with Gasteiger partial charge in [0, 0.05) is 12.6 Å². The first-order valence-corrected chi connectivity index (χ1v) is 6.90. The largest absolute Gasteiger partial charge is 0.341 e. The van der Waals surface area contributed by atoms with Crippen LogP contribution in [0.15, 0.2) is 42.7 Å². The predicted molar refractivity (Wildman–Crippen MR) is 80.9 cm³/mol. The van der Waals surface area contributed by atoms with Crippen LogP contribution in [0.5, 0.6) is 0 Å². The maximum atomic E-state index is 12.3. The van der Waals surface area contributed by atoms with Crippen molar-refractivity contribution in [1.29, 1.82) is 0 Å². The lowest BCUT2D eigenvalue weighted by Gasteiger charge is -2.11. The molecular formula is C15H16N6O. The van der Waals surface area contributed by atoms with Crippen LogP contribution in [-0.4, -0.2) is 30.9 Å². The van der Waals surface area contributed by atoms with E-state index in [-0.39, 0.29) is 11.9 Å². The SMILES string of the molecule is CC(NC(=O)c1cc(-c2ccccc2)n[nH]1)c1nncn1C. The van der Waals surface area contributed by atoms with Crippen LogP contribution >= 0.6 is 0 Å². The Kier molecular flexibility index (Phi) is 3.69. The molecule has 3 rings (SSSR count). The number of aromatic amines is 1. The van der Waals surface area contributed by atoms with E-state index in [4.69, 9.17) is 0 Å². The summed E-state index contributed by atoms with van der Waals surface area (Å²) >= 11 is 0. The topological polar surface area (TPSA) is 88.5 Å². The van der Waals surface area contributed by atoms with Crippen LogP contribution in [0.1, 0.15) is 29.3 Å². The molecule has 1 atom stereocenters. The highest BCUT2D eigenvalue weighted by molar-refractivity contribution is 5.93. The van der Waals surface area contributed by atoms with Crippen LogP contribution < -0.4 is 5.32 Å². The molecule has 2 heterocycles. The third-order valence-corrected chi connectivity index (χ3v) is 3.37. The fourth-order valence-corrected chi connectivity index (χ4v) is 2.22. The second kappa shape index (κ2) is 5.80. The minimum absolute atomic E-state index is 0.231. The van der Waals surface area contributed by atoms with Crippen molar-refractivity contribution in [2.24, 2.45) is 7.05 Å². The van der Waals surface area contributed by atoms with Crippen molar-refractivity contribution in [2.45, 2.75) is 13.0 Å².